The molecule has 0 saturated heterocycles. The Hall–Kier alpha value is -4.24. The Morgan fingerprint density at radius 1 is 1.17 bits per heavy atom. The number of allylic oxidation sites excluding steroid dienone is 1. The number of esters is 2. The van der Waals surface area contributed by atoms with E-state index in [2.05, 4.69) is 11.6 Å². The van der Waals surface area contributed by atoms with Crippen LogP contribution >= 0.6 is 11.3 Å². The second kappa shape index (κ2) is 10.6. The van der Waals surface area contributed by atoms with Gasteiger partial charge in [0, 0.05) is 12.5 Å². The molecule has 2 heterocycles. The molecule has 2 aromatic carbocycles. The van der Waals surface area contributed by atoms with Gasteiger partial charge in [0.15, 0.2) is 4.80 Å². The van der Waals surface area contributed by atoms with Crippen LogP contribution in [0.1, 0.15) is 31.0 Å². The summed E-state index contributed by atoms with van der Waals surface area (Å²) in [6, 6.07) is 13.3. The third-order valence-electron chi connectivity index (χ3n) is 5.46. The number of hydrogen-bond acceptors (Lipinski definition) is 8. The molecule has 1 atom stereocenters. The molecular formula is C27H24N2O6S. The molecule has 8 nitrogen and oxygen atoms in total. The van der Waals surface area contributed by atoms with Crippen molar-refractivity contribution in [2.75, 3.05) is 13.7 Å². The Kier molecular flexibility index (Phi) is 7.30. The Morgan fingerprint density at radius 2 is 1.89 bits per heavy atom. The zero-order valence-electron chi connectivity index (χ0n) is 20.0. The van der Waals surface area contributed by atoms with Gasteiger partial charge in [0.2, 0.25) is 0 Å². The van der Waals surface area contributed by atoms with Gasteiger partial charge in [-0.2, -0.15) is 0 Å². The molecule has 1 aliphatic heterocycles. The number of nitrogens with zero attached hydrogens (tertiary/aromatic N) is 2. The summed E-state index contributed by atoms with van der Waals surface area (Å²) in [5, 5.41) is 0. The number of benzene rings is 2. The molecule has 0 radical (unpaired) electrons. The van der Waals surface area contributed by atoms with E-state index in [1.165, 1.54) is 28.9 Å². The molecule has 1 aromatic heterocycles. The number of ether oxygens (including phenoxy) is 3. The molecule has 184 valence electrons. The van der Waals surface area contributed by atoms with E-state index in [0.717, 1.165) is 0 Å². The molecular weight excluding hydrogens is 480 g/mol. The van der Waals surface area contributed by atoms with Crippen LogP contribution in [0.4, 0.5) is 0 Å². The zero-order valence-corrected chi connectivity index (χ0v) is 20.8. The average molecular weight is 505 g/mol. The molecule has 0 bridgehead atoms. The number of para-hydroxylation sites is 1. The van der Waals surface area contributed by atoms with E-state index >= 15 is 0 Å². The fourth-order valence-corrected chi connectivity index (χ4v) is 4.92. The van der Waals surface area contributed by atoms with Gasteiger partial charge in [-0.25, -0.2) is 9.79 Å². The summed E-state index contributed by atoms with van der Waals surface area (Å²) in [6.45, 7) is 6.65. The van der Waals surface area contributed by atoms with Gasteiger partial charge < -0.3 is 14.2 Å². The lowest BCUT2D eigenvalue weighted by Gasteiger charge is -2.24. The Bertz CT molecular complexity index is 1550. The average Bonchev–Trinajstić information content (AvgIpc) is 3.17. The van der Waals surface area contributed by atoms with Crippen LogP contribution < -0.4 is 24.4 Å². The molecule has 36 heavy (non-hydrogen) atoms. The summed E-state index contributed by atoms with van der Waals surface area (Å²) in [4.78, 5) is 43.3. The van der Waals surface area contributed by atoms with E-state index in [1.807, 2.05) is 0 Å². The van der Waals surface area contributed by atoms with Crippen molar-refractivity contribution >= 4 is 29.4 Å². The molecule has 3 aromatic rings. The number of aromatic nitrogens is 1. The normalized spacial score (nSPS) is 15.1. The van der Waals surface area contributed by atoms with Gasteiger partial charge in [0.05, 0.1) is 29.0 Å². The Labute approximate surface area is 211 Å². The smallest absolute Gasteiger partial charge is 0.338 e. The van der Waals surface area contributed by atoms with Crippen LogP contribution in [0.15, 0.2) is 82.2 Å². The standard InChI is InChI=1S/C27H24N2O6S/c1-5-14-34-26(32)23-16(2)28-27-29(24(23)18-10-12-20(33-4)13-11-18)25(31)22(36-27)15-19-8-6-7-9-21(19)35-17(3)30/h5-13,15,24H,1,14H2,2-4H3/b22-15+/t24-/m1/s1. The quantitative estimate of drug-likeness (QED) is 0.279. The second-order valence-corrected chi connectivity index (χ2v) is 8.88. The highest BCUT2D eigenvalue weighted by Gasteiger charge is 2.33. The second-order valence-electron chi connectivity index (χ2n) is 7.87. The number of hydrogen-bond donors (Lipinski definition) is 0. The molecule has 9 heteroatoms. The molecule has 0 amide bonds. The molecule has 0 unspecified atom stereocenters. The van der Waals surface area contributed by atoms with Crippen LogP contribution in [0.5, 0.6) is 11.5 Å². The van der Waals surface area contributed by atoms with Crippen molar-refractivity contribution in [2.24, 2.45) is 4.99 Å². The number of methoxy groups -OCH3 is 1. The monoisotopic (exact) mass is 504 g/mol. The summed E-state index contributed by atoms with van der Waals surface area (Å²) in [6.07, 6.45) is 3.13. The van der Waals surface area contributed by atoms with Crippen LogP contribution in [0.3, 0.4) is 0 Å². The third kappa shape index (κ3) is 4.92. The predicted octanol–water partition coefficient (Wildman–Crippen LogP) is 2.90. The first kappa shape index (κ1) is 24.9. The number of rotatable bonds is 7. The molecule has 0 fully saturated rings. The van der Waals surface area contributed by atoms with Crippen LogP contribution in [0.25, 0.3) is 6.08 Å². The van der Waals surface area contributed by atoms with E-state index in [0.29, 0.717) is 37.7 Å². The number of carbonyl (C=O) groups excluding carboxylic acids is 2. The van der Waals surface area contributed by atoms with Crippen LogP contribution in [-0.4, -0.2) is 30.2 Å². The van der Waals surface area contributed by atoms with Crippen LogP contribution in [0.2, 0.25) is 0 Å². The molecule has 4 rings (SSSR count). The van der Waals surface area contributed by atoms with Gasteiger partial charge in [-0.3, -0.25) is 14.2 Å². The molecule has 0 saturated carbocycles. The third-order valence-corrected chi connectivity index (χ3v) is 6.45. The van der Waals surface area contributed by atoms with Crippen molar-refractivity contribution in [3.05, 3.63) is 103 Å². The van der Waals surface area contributed by atoms with Gasteiger partial charge in [0.1, 0.15) is 18.1 Å². The molecule has 0 spiro atoms. The topological polar surface area (TPSA) is 96.2 Å². The van der Waals surface area contributed by atoms with Gasteiger partial charge in [-0.05, 0) is 36.8 Å². The van der Waals surface area contributed by atoms with Crippen LogP contribution in [-0.2, 0) is 14.3 Å². The van der Waals surface area contributed by atoms with Crippen molar-refractivity contribution in [3.8, 4) is 11.5 Å². The summed E-state index contributed by atoms with van der Waals surface area (Å²) in [5.41, 5.74) is 1.65. The predicted molar refractivity (Wildman–Crippen MR) is 136 cm³/mol. The highest BCUT2D eigenvalue weighted by molar-refractivity contribution is 7.07. The lowest BCUT2D eigenvalue weighted by Crippen LogP contribution is -2.39. The Morgan fingerprint density at radius 3 is 2.56 bits per heavy atom. The first-order valence-corrected chi connectivity index (χ1v) is 11.9. The summed E-state index contributed by atoms with van der Waals surface area (Å²) < 4.78 is 17.8. The minimum Gasteiger partial charge on any atom is -0.497 e. The van der Waals surface area contributed by atoms with Gasteiger partial charge in [0.25, 0.3) is 5.56 Å². The van der Waals surface area contributed by atoms with E-state index in [-0.39, 0.29) is 17.7 Å². The number of thiazole rings is 1. The minimum atomic E-state index is -0.754. The summed E-state index contributed by atoms with van der Waals surface area (Å²) in [5.74, 6) is -0.0568. The SMILES string of the molecule is C=CCOC(=O)C1=C(C)N=c2s/c(=C/c3ccccc3OC(C)=O)c(=O)n2[C@@H]1c1ccc(OC)cc1. The van der Waals surface area contributed by atoms with Crippen molar-refractivity contribution in [2.45, 2.75) is 19.9 Å². The van der Waals surface area contributed by atoms with Crippen molar-refractivity contribution in [3.63, 3.8) is 0 Å². The highest BCUT2D eigenvalue weighted by atomic mass is 32.1. The van der Waals surface area contributed by atoms with Crippen molar-refractivity contribution in [1.82, 2.24) is 4.57 Å². The lowest BCUT2D eigenvalue weighted by atomic mass is 9.96. The minimum absolute atomic E-state index is 0.0301. The van der Waals surface area contributed by atoms with Gasteiger partial charge in [-0.15, -0.1) is 0 Å². The van der Waals surface area contributed by atoms with Crippen molar-refractivity contribution < 1.29 is 23.8 Å². The maximum absolute atomic E-state index is 13.7. The summed E-state index contributed by atoms with van der Waals surface area (Å²) in [7, 11) is 1.56. The molecule has 0 N–H and O–H groups in total. The van der Waals surface area contributed by atoms with Gasteiger partial charge in [-0.1, -0.05) is 54.3 Å². The van der Waals surface area contributed by atoms with E-state index in [9.17, 15) is 14.4 Å². The number of fused-ring (bicyclic) bond motifs is 1. The molecule has 1 aliphatic rings. The molecule has 0 aliphatic carbocycles. The fraction of sp³-hybridized carbons (Fsp3) is 0.185. The maximum atomic E-state index is 13.7. The van der Waals surface area contributed by atoms with Crippen LogP contribution in [0, 0.1) is 0 Å². The Balaban J connectivity index is 1.92. The first-order chi connectivity index (χ1) is 17.3. The highest BCUT2D eigenvalue weighted by Crippen LogP contribution is 2.31. The fourth-order valence-electron chi connectivity index (χ4n) is 3.89. The zero-order chi connectivity index (χ0) is 25.8. The van der Waals surface area contributed by atoms with E-state index < -0.39 is 18.0 Å². The number of carbonyl (C=O) groups is 2. The lowest BCUT2D eigenvalue weighted by molar-refractivity contribution is -0.138. The maximum Gasteiger partial charge on any atom is 0.338 e. The van der Waals surface area contributed by atoms with Crippen molar-refractivity contribution in [1.29, 1.82) is 0 Å². The van der Waals surface area contributed by atoms with E-state index in [1.54, 1.807) is 68.6 Å². The van der Waals surface area contributed by atoms with Gasteiger partial charge >= 0.3 is 11.9 Å². The summed E-state index contributed by atoms with van der Waals surface area (Å²) >= 11 is 1.19. The largest absolute Gasteiger partial charge is 0.497 e. The first-order valence-electron chi connectivity index (χ1n) is 11.1. The van der Waals surface area contributed by atoms with E-state index in [4.69, 9.17) is 14.2 Å².